The van der Waals surface area contributed by atoms with Crippen LogP contribution in [0.1, 0.15) is 11.6 Å². The summed E-state index contributed by atoms with van der Waals surface area (Å²) < 4.78 is 38.1. The number of hydrogen-bond acceptors (Lipinski definition) is 5. The van der Waals surface area contributed by atoms with Crippen LogP contribution in [0.3, 0.4) is 0 Å². The maximum absolute atomic E-state index is 12.4. The Morgan fingerprint density at radius 3 is 2.42 bits per heavy atom. The van der Waals surface area contributed by atoms with E-state index in [0.29, 0.717) is 24.7 Å². The van der Waals surface area contributed by atoms with Crippen molar-refractivity contribution in [2.24, 2.45) is 5.73 Å². The van der Waals surface area contributed by atoms with Crippen LogP contribution in [-0.4, -0.2) is 28.2 Å². The standard InChI is InChI=1S/C16H18N2O4S.ClH/c17-14(12-4-2-1-3-5-12)11-18-23(19,20)13-6-7-15-16(10-13)22-9-8-21-15;/h1-7,10,14,18H,8-9,11,17H2;1H. The molecule has 2 aromatic carbocycles. The van der Waals surface area contributed by atoms with Gasteiger partial charge in [-0.25, -0.2) is 13.1 Å². The number of ether oxygens (including phenoxy) is 2. The second kappa shape index (κ2) is 7.85. The van der Waals surface area contributed by atoms with Gasteiger partial charge in [0, 0.05) is 18.7 Å². The number of halogens is 1. The van der Waals surface area contributed by atoms with Gasteiger partial charge in [0.1, 0.15) is 13.2 Å². The molecule has 0 saturated carbocycles. The van der Waals surface area contributed by atoms with Gasteiger partial charge in [-0.2, -0.15) is 0 Å². The number of rotatable bonds is 5. The second-order valence-electron chi connectivity index (χ2n) is 5.17. The molecule has 6 nitrogen and oxygen atoms in total. The highest BCUT2D eigenvalue weighted by atomic mass is 35.5. The monoisotopic (exact) mass is 370 g/mol. The lowest BCUT2D eigenvalue weighted by molar-refractivity contribution is 0.171. The Labute approximate surface area is 147 Å². The molecule has 0 aromatic heterocycles. The van der Waals surface area contributed by atoms with E-state index in [2.05, 4.69) is 4.72 Å². The van der Waals surface area contributed by atoms with Crippen LogP contribution in [0.2, 0.25) is 0 Å². The Kier molecular flexibility index (Phi) is 6.06. The van der Waals surface area contributed by atoms with Crippen molar-refractivity contribution < 1.29 is 17.9 Å². The van der Waals surface area contributed by atoms with E-state index in [9.17, 15) is 8.42 Å². The fourth-order valence-corrected chi connectivity index (χ4v) is 3.37. The maximum atomic E-state index is 12.4. The first-order valence-corrected chi connectivity index (χ1v) is 8.74. The molecule has 130 valence electrons. The zero-order valence-corrected chi connectivity index (χ0v) is 14.5. The van der Waals surface area contributed by atoms with Gasteiger partial charge in [-0.1, -0.05) is 30.3 Å². The summed E-state index contributed by atoms with van der Waals surface area (Å²) in [5, 5.41) is 0. The summed E-state index contributed by atoms with van der Waals surface area (Å²) in [5.41, 5.74) is 6.89. The summed E-state index contributed by atoms with van der Waals surface area (Å²) in [7, 11) is -3.66. The third kappa shape index (κ3) is 4.18. The van der Waals surface area contributed by atoms with E-state index in [4.69, 9.17) is 15.2 Å². The Morgan fingerprint density at radius 2 is 1.71 bits per heavy atom. The molecule has 1 unspecified atom stereocenters. The molecule has 0 aliphatic carbocycles. The van der Waals surface area contributed by atoms with Crippen molar-refractivity contribution in [3.05, 3.63) is 54.1 Å². The van der Waals surface area contributed by atoms with E-state index in [1.807, 2.05) is 30.3 Å². The first kappa shape index (κ1) is 18.5. The van der Waals surface area contributed by atoms with Crippen LogP contribution < -0.4 is 19.9 Å². The molecule has 2 aromatic rings. The summed E-state index contributed by atoms with van der Waals surface area (Å²) in [6.45, 7) is 0.979. The smallest absolute Gasteiger partial charge is 0.240 e. The lowest BCUT2D eigenvalue weighted by Crippen LogP contribution is -2.32. The molecule has 8 heteroatoms. The first-order chi connectivity index (χ1) is 11.1. The maximum Gasteiger partial charge on any atom is 0.240 e. The molecule has 0 saturated heterocycles. The molecular formula is C16H19ClN2O4S. The lowest BCUT2D eigenvalue weighted by atomic mass is 10.1. The van der Waals surface area contributed by atoms with E-state index in [1.54, 1.807) is 6.07 Å². The molecule has 0 amide bonds. The molecular weight excluding hydrogens is 352 g/mol. The Balaban J connectivity index is 0.00000208. The van der Waals surface area contributed by atoms with Crippen molar-refractivity contribution in [1.29, 1.82) is 0 Å². The molecule has 24 heavy (non-hydrogen) atoms. The number of hydrogen-bond donors (Lipinski definition) is 2. The topological polar surface area (TPSA) is 90.7 Å². The highest BCUT2D eigenvalue weighted by Gasteiger charge is 2.20. The SMILES string of the molecule is Cl.NC(CNS(=O)(=O)c1ccc2c(c1)OCCO2)c1ccccc1. The van der Waals surface area contributed by atoms with Gasteiger partial charge >= 0.3 is 0 Å². The molecule has 1 heterocycles. The molecule has 1 atom stereocenters. The molecule has 1 aliphatic rings. The van der Waals surface area contributed by atoms with Crippen molar-refractivity contribution in [1.82, 2.24) is 4.72 Å². The third-order valence-electron chi connectivity index (χ3n) is 3.54. The fourth-order valence-electron chi connectivity index (χ4n) is 2.29. The number of benzene rings is 2. The molecule has 0 radical (unpaired) electrons. The molecule has 0 fully saturated rings. The molecule has 1 aliphatic heterocycles. The highest BCUT2D eigenvalue weighted by Crippen LogP contribution is 2.32. The van der Waals surface area contributed by atoms with Crippen molar-refractivity contribution in [2.75, 3.05) is 19.8 Å². The normalized spacial score (nSPS) is 14.5. The van der Waals surface area contributed by atoms with Gasteiger partial charge in [0.15, 0.2) is 11.5 Å². The van der Waals surface area contributed by atoms with Gasteiger partial charge in [-0.05, 0) is 17.7 Å². The predicted octanol–water partition coefficient (Wildman–Crippen LogP) is 1.86. The molecule has 3 N–H and O–H groups in total. The molecule has 0 spiro atoms. The van der Waals surface area contributed by atoms with Crippen LogP contribution in [0.15, 0.2) is 53.4 Å². The minimum absolute atomic E-state index is 0. The molecule has 0 bridgehead atoms. The van der Waals surface area contributed by atoms with E-state index in [-0.39, 0.29) is 23.8 Å². The average Bonchev–Trinajstić information content (AvgIpc) is 2.60. The second-order valence-corrected chi connectivity index (χ2v) is 6.94. The lowest BCUT2D eigenvalue weighted by Gasteiger charge is -2.19. The third-order valence-corrected chi connectivity index (χ3v) is 4.97. The van der Waals surface area contributed by atoms with Gasteiger partial charge < -0.3 is 15.2 Å². The summed E-state index contributed by atoms with van der Waals surface area (Å²) in [5.74, 6) is 0.989. The number of nitrogens with one attached hydrogen (secondary N) is 1. The molecule has 3 rings (SSSR count). The van der Waals surface area contributed by atoms with E-state index >= 15 is 0 Å². The minimum atomic E-state index is -3.66. The van der Waals surface area contributed by atoms with Crippen molar-refractivity contribution in [2.45, 2.75) is 10.9 Å². The van der Waals surface area contributed by atoms with Gasteiger partial charge in [0.05, 0.1) is 4.90 Å². The first-order valence-electron chi connectivity index (χ1n) is 7.26. The van der Waals surface area contributed by atoms with Crippen LogP contribution in [0, 0.1) is 0 Å². The van der Waals surface area contributed by atoms with Crippen molar-refractivity contribution >= 4 is 22.4 Å². The van der Waals surface area contributed by atoms with Gasteiger partial charge in [0.25, 0.3) is 0 Å². The van der Waals surface area contributed by atoms with Gasteiger partial charge in [-0.3, -0.25) is 0 Å². The van der Waals surface area contributed by atoms with Crippen LogP contribution in [-0.2, 0) is 10.0 Å². The quantitative estimate of drug-likeness (QED) is 0.838. The average molecular weight is 371 g/mol. The summed E-state index contributed by atoms with van der Waals surface area (Å²) in [4.78, 5) is 0.127. The Bertz CT molecular complexity index is 784. The van der Waals surface area contributed by atoms with Gasteiger partial charge in [-0.15, -0.1) is 12.4 Å². The number of nitrogens with two attached hydrogens (primary N) is 1. The van der Waals surface area contributed by atoms with E-state index in [0.717, 1.165) is 5.56 Å². The number of fused-ring (bicyclic) bond motifs is 1. The summed E-state index contributed by atoms with van der Waals surface area (Å²) >= 11 is 0. The van der Waals surface area contributed by atoms with Crippen LogP contribution in [0.25, 0.3) is 0 Å². The van der Waals surface area contributed by atoms with Crippen molar-refractivity contribution in [3.8, 4) is 11.5 Å². The summed E-state index contributed by atoms with van der Waals surface area (Å²) in [6, 6.07) is 13.5. The van der Waals surface area contributed by atoms with E-state index in [1.165, 1.54) is 12.1 Å². The largest absolute Gasteiger partial charge is 0.486 e. The fraction of sp³-hybridized carbons (Fsp3) is 0.250. The zero-order chi connectivity index (χ0) is 16.3. The van der Waals surface area contributed by atoms with Gasteiger partial charge in [0.2, 0.25) is 10.0 Å². The van der Waals surface area contributed by atoms with Crippen LogP contribution >= 0.6 is 12.4 Å². The highest BCUT2D eigenvalue weighted by molar-refractivity contribution is 7.89. The van der Waals surface area contributed by atoms with Crippen LogP contribution in [0.4, 0.5) is 0 Å². The van der Waals surface area contributed by atoms with Crippen LogP contribution in [0.5, 0.6) is 11.5 Å². The minimum Gasteiger partial charge on any atom is -0.486 e. The van der Waals surface area contributed by atoms with Crippen molar-refractivity contribution in [3.63, 3.8) is 0 Å². The van der Waals surface area contributed by atoms with E-state index < -0.39 is 16.1 Å². The summed E-state index contributed by atoms with van der Waals surface area (Å²) in [6.07, 6.45) is 0. The predicted molar refractivity (Wildman–Crippen MR) is 93.2 cm³/mol. The number of sulfonamides is 1. The Morgan fingerprint density at radius 1 is 1.04 bits per heavy atom. The Hall–Kier alpha value is -1.80. The zero-order valence-electron chi connectivity index (χ0n) is 12.8.